The van der Waals surface area contributed by atoms with Gasteiger partial charge in [-0.05, 0) is 26.2 Å². The SMILES string of the molecule is CCC1CCC(C)N1C(CC(=O)O)C(F)(F)F. The summed E-state index contributed by atoms with van der Waals surface area (Å²) >= 11 is 0. The van der Waals surface area contributed by atoms with Gasteiger partial charge in [0.15, 0.2) is 0 Å². The highest BCUT2D eigenvalue weighted by Gasteiger charge is 2.49. The molecule has 1 aliphatic heterocycles. The minimum Gasteiger partial charge on any atom is -0.481 e. The van der Waals surface area contributed by atoms with Gasteiger partial charge in [0.2, 0.25) is 0 Å². The summed E-state index contributed by atoms with van der Waals surface area (Å²) in [6, 6.07) is -2.22. The van der Waals surface area contributed by atoms with Crippen molar-refractivity contribution in [1.29, 1.82) is 0 Å². The van der Waals surface area contributed by atoms with Crippen LogP contribution in [0.25, 0.3) is 0 Å². The van der Waals surface area contributed by atoms with E-state index in [2.05, 4.69) is 0 Å². The standard InChI is InChI=1S/C11H18F3NO2/c1-3-8-5-4-7(2)15(8)9(6-10(16)17)11(12,13)14/h7-9H,3-6H2,1-2H3,(H,16,17). The first-order valence-corrected chi connectivity index (χ1v) is 5.83. The van der Waals surface area contributed by atoms with E-state index in [1.165, 1.54) is 4.90 Å². The van der Waals surface area contributed by atoms with Crippen molar-refractivity contribution < 1.29 is 23.1 Å². The maximum Gasteiger partial charge on any atom is 0.404 e. The average molecular weight is 253 g/mol. The van der Waals surface area contributed by atoms with Crippen molar-refractivity contribution in [3.63, 3.8) is 0 Å². The third kappa shape index (κ3) is 3.34. The number of alkyl halides is 3. The van der Waals surface area contributed by atoms with Crippen molar-refractivity contribution in [2.45, 2.75) is 63.8 Å². The van der Waals surface area contributed by atoms with Gasteiger partial charge in [0.05, 0.1) is 6.42 Å². The number of rotatable bonds is 4. The fourth-order valence-corrected chi connectivity index (χ4v) is 2.62. The Hall–Kier alpha value is -0.780. The van der Waals surface area contributed by atoms with Gasteiger partial charge >= 0.3 is 12.1 Å². The summed E-state index contributed by atoms with van der Waals surface area (Å²) in [5.74, 6) is -1.40. The zero-order valence-corrected chi connectivity index (χ0v) is 10.00. The smallest absolute Gasteiger partial charge is 0.404 e. The van der Waals surface area contributed by atoms with Crippen LogP contribution in [0.4, 0.5) is 13.2 Å². The summed E-state index contributed by atoms with van der Waals surface area (Å²) in [5.41, 5.74) is 0. The molecule has 1 N–H and O–H groups in total. The molecule has 0 spiro atoms. The molecule has 6 heteroatoms. The van der Waals surface area contributed by atoms with E-state index in [4.69, 9.17) is 5.11 Å². The number of hydrogen-bond acceptors (Lipinski definition) is 2. The fourth-order valence-electron chi connectivity index (χ4n) is 2.62. The number of nitrogens with zero attached hydrogens (tertiary/aromatic N) is 1. The van der Waals surface area contributed by atoms with Crippen LogP contribution in [0.1, 0.15) is 39.5 Å². The molecule has 0 aromatic rings. The lowest BCUT2D eigenvalue weighted by Crippen LogP contribution is -2.51. The second-order valence-electron chi connectivity index (χ2n) is 4.59. The average Bonchev–Trinajstić information content (AvgIpc) is 2.54. The van der Waals surface area contributed by atoms with Crippen LogP contribution in [0.5, 0.6) is 0 Å². The molecule has 1 aliphatic rings. The predicted molar refractivity (Wildman–Crippen MR) is 56.7 cm³/mol. The Morgan fingerprint density at radius 3 is 2.47 bits per heavy atom. The lowest BCUT2D eigenvalue weighted by molar-refractivity contribution is -0.197. The molecule has 0 amide bonds. The highest BCUT2D eigenvalue weighted by Crippen LogP contribution is 2.36. The van der Waals surface area contributed by atoms with Crippen LogP contribution in [-0.4, -0.2) is 40.3 Å². The Balaban J connectivity index is 2.91. The third-order valence-electron chi connectivity index (χ3n) is 3.43. The first kappa shape index (κ1) is 14.3. The lowest BCUT2D eigenvalue weighted by atomic mass is 10.1. The molecule has 1 fully saturated rings. The van der Waals surface area contributed by atoms with E-state index in [1.54, 1.807) is 6.92 Å². The molecular weight excluding hydrogens is 235 g/mol. The number of halogens is 3. The predicted octanol–water partition coefficient (Wildman–Crippen LogP) is 2.65. The Morgan fingerprint density at radius 1 is 1.47 bits per heavy atom. The molecule has 0 aromatic heterocycles. The molecule has 1 saturated heterocycles. The van der Waals surface area contributed by atoms with Crippen molar-refractivity contribution in [3.05, 3.63) is 0 Å². The summed E-state index contributed by atoms with van der Waals surface area (Å²) in [5, 5.41) is 8.63. The van der Waals surface area contributed by atoms with E-state index in [0.29, 0.717) is 19.3 Å². The summed E-state index contributed by atoms with van der Waals surface area (Å²) in [4.78, 5) is 11.9. The van der Waals surface area contributed by atoms with Gasteiger partial charge in [-0.3, -0.25) is 9.69 Å². The molecule has 0 aliphatic carbocycles. The summed E-state index contributed by atoms with van der Waals surface area (Å²) in [6.07, 6.45) is -3.32. The van der Waals surface area contributed by atoms with Crippen LogP contribution in [-0.2, 0) is 4.79 Å². The molecule has 1 heterocycles. The minimum absolute atomic E-state index is 0.157. The second kappa shape index (κ2) is 5.25. The molecule has 3 nitrogen and oxygen atoms in total. The maximum atomic E-state index is 12.9. The number of carboxylic acid groups (broad SMARTS) is 1. The number of hydrogen-bond donors (Lipinski definition) is 1. The van der Waals surface area contributed by atoms with Crippen molar-refractivity contribution in [3.8, 4) is 0 Å². The minimum atomic E-state index is -4.48. The van der Waals surface area contributed by atoms with Gasteiger partial charge in [-0.25, -0.2) is 0 Å². The zero-order valence-electron chi connectivity index (χ0n) is 10.00. The van der Waals surface area contributed by atoms with Crippen LogP contribution in [0, 0.1) is 0 Å². The molecule has 0 saturated carbocycles. The molecule has 100 valence electrons. The molecule has 1 rings (SSSR count). The number of carboxylic acids is 1. The Labute approximate surface area is 98.6 Å². The topological polar surface area (TPSA) is 40.5 Å². The number of carbonyl (C=O) groups is 1. The van der Waals surface area contributed by atoms with Gasteiger partial charge in [-0.1, -0.05) is 6.92 Å². The molecule has 0 aromatic carbocycles. The molecule has 0 radical (unpaired) electrons. The van der Waals surface area contributed by atoms with E-state index in [0.717, 1.165) is 0 Å². The van der Waals surface area contributed by atoms with Crippen LogP contribution < -0.4 is 0 Å². The number of likely N-dealkylation sites (tertiary alicyclic amines) is 1. The highest BCUT2D eigenvalue weighted by molar-refractivity contribution is 5.67. The van der Waals surface area contributed by atoms with Crippen molar-refractivity contribution in [2.75, 3.05) is 0 Å². The Morgan fingerprint density at radius 2 is 2.06 bits per heavy atom. The van der Waals surface area contributed by atoms with E-state index in [9.17, 15) is 18.0 Å². The van der Waals surface area contributed by atoms with Gasteiger partial charge in [-0.15, -0.1) is 0 Å². The Bertz CT molecular complexity index is 280. The van der Waals surface area contributed by atoms with Crippen LogP contribution in [0.15, 0.2) is 0 Å². The van der Waals surface area contributed by atoms with Gasteiger partial charge in [-0.2, -0.15) is 13.2 Å². The molecule has 3 unspecified atom stereocenters. The monoisotopic (exact) mass is 253 g/mol. The van der Waals surface area contributed by atoms with Crippen LogP contribution in [0.3, 0.4) is 0 Å². The maximum absolute atomic E-state index is 12.9. The molecule has 0 bridgehead atoms. The lowest BCUT2D eigenvalue weighted by Gasteiger charge is -2.36. The van der Waals surface area contributed by atoms with E-state index < -0.39 is 24.6 Å². The largest absolute Gasteiger partial charge is 0.481 e. The highest BCUT2D eigenvalue weighted by atomic mass is 19.4. The quantitative estimate of drug-likeness (QED) is 0.837. The Kier molecular flexibility index (Phi) is 4.41. The van der Waals surface area contributed by atoms with Gasteiger partial charge in [0.25, 0.3) is 0 Å². The van der Waals surface area contributed by atoms with Gasteiger partial charge in [0.1, 0.15) is 6.04 Å². The van der Waals surface area contributed by atoms with E-state index >= 15 is 0 Å². The van der Waals surface area contributed by atoms with Crippen molar-refractivity contribution in [2.24, 2.45) is 0 Å². The first-order chi connectivity index (χ1) is 7.77. The fraction of sp³-hybridized carbons (Fsp3) is 0.909. The van der Waals surface area contributed by atoms with Gasteiger partial charge in [0, 0.05) is 12.1 Å². The summed E-state index contributed by atoms with van der Waals surface area (Å²) in [7, 11) is 0. The van der Waals surface area contributed by atoms with Crippen LogP contribution in [0.2, 0.25) is 0 Å². The van der Waals surface area contributed by atoms with E-state index in [1.807, 2.05) is 6.92 Å². The van der Waals surface area contributed by atoms with Crippen molar-refractivity contribution >= 4 is 5.97 Å². The third-order valence-corrected chi connectivity index (χ3v) is 3.43. The normalized spacial score (nSPS) is 28.3. The second-order valence-corrected chi connectivity index (χ2v) is 4.59. The molecule has 3 atom stereocenters. The summed E-state index contributed by atoms with van der Waals surface area (Å²) < 4.78 is 38.7. The summed E-state index contributed by atoms with van der Waals surface area (Å²) in [6.45, 7) is 3.57. The molecule has 17 heavy (non-hydrogen) atoms. The number of aliphatic carboxylic acids is 1. The molecular formula is C11H18F3NO2. The van der Waals surface area contributed by atoms with Crippen LogP contribution >= 0.6 is 0 Å². The first-order valence-electron chi connectivity index (χ1n) is 5.83. The van der Waals surface area contributed by atoms with Gasteiger partial charge < -0.3 is 5.11 Å². The zero-order chi connectivity index (χ0) is 13.2. The van der Waals surface area contributed by atoms with Crippen molar-refractivity contribution in [1.82, 2.24) is 4.90 Å². The van der Waals surface area contributed by atoms with E-state index in [-0.39, 0.29) is 12.1 Å².